The second kappa shape index (κ2) is 12.5. The van der Waals surface area contributed by atoms with Gasteiger partial charge in [-0.25, -0.2) is 0 Å². The van der Waals surface area contributed by atoms with Crippen molar-refractivity contribution in [2.75, 3.05) is 13.2 Å². The highest BCUT2D eigenvalue weighted by Gasteiger charge is 2.49. The number of aliphatic hydroxyl groups is 1. The highest BCUT2D eigenvalue weighted by Crippen LogP contribution is 2.30. The average Bonchev–Trinajstić information content (AvgIpc) is 2.81. The zero-order valence-electron chi connectivity index (χ0n) is 18.6. The molecule has 35 heavy (non-hydrogen) atoms. The van der Waals surface area contributed by atoms with Crippen LogP contribution in [-0.2, 0) is 33.3 Å². The molecule has 1 aliphatic rings. The van der Waals surface area contributed by atoms with E-state index >= 15 is 0 Å². The molecule has 1 saturated heterocycles. The van der Waals surface area contributed by atoms with Gasteiger partial charge in [-0.3, -0.25) is 8.98 Å². The molecule has 0 unspecified atom stereocenters. The summed E-state index contributed by atoms with van der Waals surface area (Å²) in [4.78, 5) is 11.7. The molecule has 0 radical (unpaired) electrons. The van der Waals surface area contributed by atoms with Crippen LogP contribution in [0.25, 0.3) is 0 Å². The Bertz CT molecular complexity index is 1110. The SMILES string of the molecule is C=CCO[C@H]1[C@H](O)[C@@H](COS(=O)(=O)c2ccc(Cl)cc2)O[C@@H](Oc2ccc(I)cc2)[C@@H]1OC(C)=O. The molecule has 0 spiro atoms. The normalized spacial score (nSPS) is 24.5. The largest absolute Gasteiger partial charge is 0.461 e. The minimum atomic E-state index is -4.18. The molecule has 1 N–H and O–H groups in total. The van der Waals surface area contributed by atoms with Crippen molar-refractivity contribution in [2.24, 2.45) is 0 Å². The molecule has 0 bridgehead atoms. The van der Waals surface area contributed by atoms with Crippen LogP contribution in [0.5, 0.6) is 5.75 Å². The summed E-state index contributed by atoms with van der Waals surface area (Å²) in [6, 6.07) is 12.4. The average molecular weight is 639 g/mol. The van der Waals surface area contributed by atoms with Gasteiger partial charge >= 0.3 is 5.97 Å². The zero-order valence-corrected chi connectivity index (χ0v) is 22.3. The fourth-order valence-corrected chi connectivity index (χ4v) is 4.69. The van der Waals surface area contributed by atoms with E-state index in [1.54, 1.807) is 24.3 Å². The summed E-state index contributed by atoms with van der Waals surface area (Å²) in [5, 5.41) is 11.3. The number of benzene rings is 2. The van der Waals surface area contributed by atoms with Crippen molar-refractivity contribution in [1.29, 1.82) is 0 Å². The van der Waals surface area contributed by atoms with Gasteiger partial charge in [0.25, 0.3) is 10.1 Å². The second-order valence-corrected chi connectivity index (χ2v) is 10.8. The van der Waals surface area contributed by atoms with Gasteiger partial charge < -0.3 is 24.1 Å². The lowest BCUT2D eigenvalue weighted by Gasteiger charge is -2.43. The first kappa shape index (κ1) is 27.8. The molecule has 5 atom stereocenters. The quantitative estimate of drug-likeness (QED) is 0.181. The van der Waals surface area contributed by atoms with Crippen molar-refractivity contribution in [1.82, 2.24) is 0 Å². The van der Waals surface area contributed by atoms with Crippen LogP contribution in [0.3, 0.4) is 0 Å². The van der Waals surface area contributed by atoms with Crippen LogP contribution >= 0.6 is 34.2 Å². The fraction of sp³-hybridized carbons (Fsp3) is 0.348. The van der Waals surface area contributed by atoms with E-state index in [1.165, 1.54) is 37.3 Å². The van der Waals surface area contributed by atoms with Gasteiger partial charge in [0.15, 0.2) is 6.10 Å². The van der Waals surface area contributed by atoms with Crippen LogP contribution in [0.15, 0.2) is 66.1 Å². The third-order valence-electron chi connectivity index (χ3n) is 4.88. The predicted octanol–water partition coefficient (Wildman–Crippen LogP) is 3.32. The Morgan fingerprint density at radius 2 is 1.83 bits per heavy atom. The Labute approximate surface area is 222 Å². The maximum Gasteiger partial charge on any atom is 0.303 e. The van der Waals surface area contributed by atoms with E-state index in [-0.39, 0.29) is 11.5 Å². The number of carbonyl (C=O) groups excluding carboxylic acids is 1. The number of ether oxygens (including phenoxy) is 4. The number of hydrogen-bond acceptors (Lipinski definition) is 9. The molecule has 1 aliphatic heterocycles. The van der Waals surface area contributed by atoms with Crippen molar-refractivity contribution in [3.8, 4) is 5.75 Å². The van der Waals surface area contributed by atoms with Crippen LogP contribution in [0.2, 0.25) is 5.02 Å². The Morgan fingerprint density at radius 1 is 1.17 bits per heavy atom. The number of rotatable bonds is 10. The first-order chi connectivity index (χ1) is 16.6. The molecule has 0 saturated carbocycles. The molecule has 2 aromatic rings. The molecule has 3 rings (SSSR count). The predicted molar refractivity (Wildman–Crippen MR) is 135 cm³/mol. The Kier molecular flexibility index (Phi) is 9.93. The van der Waals surface area contributed by atoms with Crippen LogP contribution in [0.1, 0.15) is 6.92 Å². The molecule has 0 amide bonds. The van der Waals surface area contributed by atoms with E-state index in [9.17, 15) is 18.3 Å². The van der Waals surface area contributed by atoms with E-state index in [0.29, 0.717) is 10.8 Å². The minimum Gasteiger partial charge on any atom is -0.461 e. The van der Waals surface area contributed by atoms with Crippen molar-refractivity contribution >= 4 is 50.3 Å². The van der Waals surface area contributed by atoms with E-state index in [2.05, 4.69) is 29.2 Å². The van der Waals surface area contributed by atoms with Crippen molar-refractivity contribution in [3.63, 3.8) is 0 Å². The smallest absolute Gasteiger partial charge is 0.303 e. The lowest BCUT2D eigenvalue weighted by atomic mass is 9.98. The van der Waals surface area contributed by atoms with E-state index < -0.39 is 53.4 Å². The molecular formula is C23H24ClIO9S. The molecule has 1 heterocycles. The summed E-state index contributed by atoms with van der Waals surface area (Å²) in [7, 11) is -4.18. The highest BCUT2D eigenvalue weighted by molar-refractivity contribution is 14.1. The molecule has 12 heteroatoms. The lowest BCUT2D eigenvalue weighted by molar-refractivity contribution is -0.287. The number of aliphatic hydroxyl groups excluding tert-OH is 1. The maximum absolute atomic E-state index is 12.6. The van der Waals surface area contributed by atoms with Crippen LogP contribution in [0, 0.1) is 3.57 Å². The van der Waals surface area contributed by atoms with Crippen LogP contribution in [0.4, 0.5) is 0 Å². The number of carbonyl (C=O) groups is 1. The monoisotopic (exact) mass is 638 g/mol. The van der Waals surface area contributed by atoms with Crippen molar-refractivity contribution in [2.45, 2.75) is 42.5 Å². The molecule has 1 fully saturated rings. The van der Waals surface area contributed by atoms with Gasteiger partial charge in [0, 0.05) is 15.5 Å². The number of esters is 1. The summed E-state index contributed by atoms with van der Waals surface area (Å²) in [5.41, 5.74) is 0. The topological polar surface area (TPSA) is 118 Å². The van der Waals surface area contributed by atoms with Crippen molar-refractivity contribution < 1.29 is 41.4 Å². The third kappa shape index (κ3) is 7.62. The molecule has 0 aromatic heterocycles. The molecule has 190 valence electrons. The first-order valence-electron chi connectivity index (χ1n) is 10.4. The summed E-state index contributed by atoms with van der Waals surface area (Å²) in [6.07, 6.45) is -4.68. The second-order valence-electron chi connectivity index (χ2n) is 7.46. The first-order valence-corrected chi connectivity index (χ1v) is 13.3. The number of halogens is 2. The summed E-state index contributed by atoms with van der Waals surface area (Å²) in [5.74, 6) is -0.242. The van der Waals surface area contributed by atoms with E-state index in [4.69, 9.17) is 34.7 Å². The summed E-state index contributed by atoms with van der Waals surface area (Å²) in [6.45, 7) is 4.25. The third-order valence-corrected chi connectivity index (χ3v) is 7.15. The van der Waals surface area contributed by atoms with Gasteiger partial charge in [-0.2, -0.15) is 8.42 Å². The Morgan fingerprint density at radius 3 is 2.43 bits per heavy atom. The Hall–Kier alpha value is -1.74. The van der Waals surface area contributed by atoms with E-state index in [0.717, 1.165) is 3.57 Å². The van der Waals surface area contributed by atoms with Crippen molar-refractivity contribution in [3.05, 3.63) is 69.8 Å². The lowest BCUT2D eigenvalue weighted by Crippen LogP contribution is -2.62. The molecule has 2 aromatic carbocycles. The van der Waals surface area contributed by atoms with Crippen LogP contribution in [-0.4, -0.2) is 63.4 Å². The van der Waals surface area contributed by atoms with Gasteiger partial charge in [0.2, 0.25) is 6.29 Å². The van der Waals surface area contributed by atoms with Gasteiger partial charge in [0.05, 0.1) is 18.1 Å². The minimum absolute atomic E-state index is 0.0202. The maximum atomic E-state index is 12.6. The zero-order chi connectivity index (χ0) is 25.6. The molecule has 0 aliphatic carbocycles. The molecule has 9 nitrogen and oxygen atoms in total. The van der Waals surface area contributed by atoms with Gasteiger partial charge in [-0.15, -0.1) is 6.58 Å². The highest BCUT2D eigenvalue weighted by atomic mass is 127. The summed E-state index contributed by atoms with van der Waals surface area (Å²) >= 11 is 7.96. The van der Waals surface area contributed by atoms with Gasteiger partial charge in [-0.05, 0) is 71.1 Å². The fourth-order valence-electron chi connectivity index (χ4n) is 3.28. The summed E-state index contributed by atoms with van der Waals surface area (Å²) < 4.78 is 54.1. The van der Waals surface area contributed by atoms with Gasteiger partial charge in [-0.1, -0.05) is 17.7 Å². The standard InChI is InChI=1S/C23H24ClIO9S/c1-3-12-30-21-20(27)19(13-31-35(28,29)18-10-4-15(24)5-11-18)34-23(22(21)32-14(2)26)33-17-8-6-16(25)7-9-17/h3-11,19-23,27H,1,12-13H2,2H3/t19-,20-,21+,22-,23-/m1/s1. The molecular weight excluding hydrogens is 615 g/mol. The van der Waals surface area contributed by atoms with Crippen LogP contribution < -0.4 is 4.74 Å². The van der Waals surface area contributed by atoms with Gasteiger partial charge in [0.1, 0.15) is 24.1 Å². The Balaban J connectivity index is 1.84. The number of hydrogen-bond donors (Lipinski definition) is 1. The van der Waals surface area contributed by atoms with E-state index in [1.807, 2.05) is 0 Å².